The van der Waals surface area contributed by atoms with Crippen LogP contribution >= 0.6 is 0 Å². The summed E-state index contributed by atoms with van der Waals surface area (Å²) in [7, 11) is 0.975. The molecule has 1 rings (SSSR count). The fourth-order valence-electron chi connectivity index (χ4n) is 1.67. The molecule has 1 aromatic rings. The highest BCUT2D eigenvalue weighted by molar-refractivity contribution is 7.85. The minimum absolute atomic E-state index is 0.582. The summed E-state index contributed by atoms with van der Waals surface area (Å²) in [6, 6.07) is 9.47. The Bertz CT molecular complexity index is 359. The SMILES string of the molecule is CN(CCS(=O)c1ccccc1)CC(C)(C)O. The van der Waals surface area contributed by atoms with Gasteiger partial charge in [0, 0.05) is 23.7 Å². The zero-order valence-corrected chi connectivity index (χ0v) is 11.5. The van der Waals surface area contributed by atoms with Crippen LogP contribution in [0.15, 0.2) is 35.2 Å². The topological polar surface area (TPSA) is 40.5 Å². The van der Waals surface area contributed by atoms with Gasteiger partial charge in [0.05, 0.1) is 16.4 Å². The number of aliphatic hydroxyl groups is 1. The molecule has 96 valence electrons. The summed E-state index contributed by atoms with van der Waals surface area (Å²) in [4.78, 5) is 2.87. The lowest BCUT2D eigenvalue weighted by molar-refractivity contribution is 0.0464. The highest BCUT2D eigenvalue weighted by Gasteiger charge is 2.15. The standard InChI is InChI=1S/C13H21NO2S/c1-13(2,15)11-14(3)9-10-17(16)12-7-5-4-6-8-12/h4-8,15H,9-11H2,1-3H3. The van der Waals surface area contributed by atoms with Gasteiger partial charge >= 0.3 is 0 Å². The van der Waals surface area contributed by atoms with Gasteiger partial charge in [0.25, 0.3) is 0 Å². The summed E-state index contributed by atoms with van der Waals surface area (Å²) in [5.74, 6) is 0.594. The van der Waals surface area contributed by atoms with Crippen LogP contribution in [0.2, 0.25) is 0 Å². The first-order valence-electron chi connectivity index (χ1n) is 5.73. The van der Waals surface area contributed by atoms with E-state index in [0.29, 0.717) is 18.8 Å². The zero-order valence-electron chi connectivity index (χ0n) is 10.7. The van der Waals surface area contributed by atoms with Crippen LogP contribution in [-0.4, -0.2) is 45.7 Å². The Morgan fingerprint density at radius 1 is 1.29 bits per heavy atom. The van der Waals surface area contributed by atoms with Gasteiger partial charge in [-0.05, 0) is 33.0 Å². The molecule has 0 bridgehead atoms. The van der Waals surface area contributed by atoms with E-state index in [1.165, 1.54) is 0 Å². The third kappa shape index (κ3) is 5.96. The van der Waals surface area contributed by atoms with E-state index in [-0.39, 0.29) is 0 Å². The lowest BCUT2D eigenvalue weighted by atomic mass is 10.1. The van der Waals surface area contributed by atoms with Gasteiger partial charge in [-0.15, -0.1) is 0 Å². The maximum atomic E-state index is 11.9. The van der Waals surface area contributed by atoms with Crippen molar-refractivity contribution in [1.82, 2.24) is 4.90 Å². The number of likely N-dealkylation sites (N-methyl/N-ethyl adjacent to an activating group) is 1. The molecule has 1 aromatic carbocycles. The third-order valence-corrected chi connectivity index (χ3v) is 3.67. The smallest absolute Gasteiger partial charge is 0.0718 e. The fourth-order valence-corrected chi connectivity index (χ4v) is 2.84. The van der Waals surface area contributed by atoms with Crippen LogP contribution in [0.5, 0.6) is 0 Å². The van der Waals surface area contributed by atoms with E-state index in [2.05, 4.69) is 0 Å². The van der Waals surface area contributed by atoms with E-state index >= 15 is 0 Å². The van der Waals surface area contributed by atoms with E-state index in [4.69, 9.17) is 0 Å². The molecule has 0 spiro atoms. The van der Waals surface area contributed by atoms with Gasteiger partial charge in [-0.2, -0.15) is 0 Å². The van der Waals surface area contributed by atoms with E-state index in [0.717, 1.165) is 4.90 Å². The van der Waals surface area contributed by atoms with Crippen LogP contribution in [-0.2, 0) is 10.8 Å². The normalized spacial score (nSPS) is 13.9. The quantitative estimate of drug-likeness (QED) is 0.837. The van der Waals surface area contributed by atoms with Gasteiger partial charge in [-0.3, -0.25) is 4.21 Å². The van der Waals surface area contributed by atoms with Crippen LogP contribution in [0.4, 0.5) is 0 Å². The first kappa shape index (κ1) is 14.4. The van der Waals surface area contributed by atoms with Crippen molar-refractivity contribution in [3.8, 4) is 0 Å². The van der Waals surface area contributed by atoms with Gasteiger partial charge in [0.2, 0.25) is 0 Å². The summed E-state index contributed by atoms with van der Waals surface area (Å²) in [6.07, 6.45) is 0. The molecule has 4 heteroatoms. The molecular weight excluding hydrogens is 234 g/mol. The predicted molar refractivity (Wildman–Crippen MR) is 71.5 cm³/mol. The van der Waals surface area contributed by atoms with Crippen molar-refractivity contribution in [3.05, 3.63) is 30.3 Å². The lowest BCUT2D eigenvalue weighted by Crippen LogP contribution is -2.37. The second-order valence-corrected chi connectivity index (χ2v) is 6.48. The monoisotopic (exact) mass is 255 g/mol. The largest absolute Gasteiger partial charge is 0.389 e. The molecule has 3 nitrogen and oxygen atoms in total. The van der Waals surface area contributed by atoms with Crippen LogP contribution < -0.4 is 0 Å². The maximum Gasteiger partial charge on any atom is 0.0718 e. The Morgan fingerprint density at radius 3 is 2.41 bits per heavy atom. The van der Waals surface area contributed by atoms with Crippen LogP contribution in [0.1, 0.15) is 13.8 Å². The van der Waals surface area contributed by atoms with Crippen LogP contribution in [0.3, 0.4) is 0 Å². The lowest BCUT2D eigenvalue weighted by Gasteiger charge is -2.25. The van der Waals surface area contributed by atoms with Crippen molar-refractivity contribution in [2.75, 3.05) is 25.9 Å². The Labute approximate surface area is 106 Å². The molecule has 0 aliphatic carbocycles. The first-order chi connectivity index (χ1) is 7.88. The zero-order chi connectivity index (χ0) is 12.9. The van der Waals surface area contributed by atoms with Crippen molar-refractivity contribution in [1.29, 1.82) is 0 Å². The fraction of sp³-hybridized carbons (Fsp3) is 0.538. The third-order valence-electron chi connectivity index (χ3n) is 2.32. The molecule has 0 radical (unpaired) electrons. The molecule has 0 saturated carbocycles. The Kier molecular flexibility index (Phi) is 5.31. The summed E-state index contributed by atoms with van der Waals surface area (Å²) >= 11 is 0. The van der Waals surface area contributed by atoms with Crippen LogP contribution in [0, 0.1) is 0 Å². The number of hydrogen-bond acceptors (Lipinski definition) is 3. The van der Waals surface area contributed by atoms with E-state index in [9.17, 15) is 9.32 Å². The minimum atomic E-state index is -0.956. The van der Waals surface area contributed by atoms with Gasteiger partial charge in [0.1, 0.15) is 0 Å². The Balaban J connectivity index is 2.39. The van der Waals surface area contributed by atoms with Crippen molar-refractivity contribution in [2.45, 2.75) is 24.3 Å². The maximum absolute atomic E-state index is 11.9. The molecule has 0 heterocycles. The Hall–Kier alpha value is -0.710. The molecule has 1 N–H and O–H groups in total. The molecule has 0 saturated heterocycles. The van der Waals surface area contributed by atoms with Crippen molar-refractivity contribution in [2.24, 2.45) is 0 Å². The second kappa shape index (κ2) is 6.28. The predicted octanol–water partition coefficient (Wildman–Crippen LogP) is 1.50. The highest BCUT2D eigenvalue weighted by Crippen LogP contribution is 2.07. The van der Waals surface area contributed by atoms with Crippen molar-refractivity contribution >= 4 is 10.8 Å². The van der Waals surface area contributed by atoms with E-state index < -0.39 is 16.4 Å². The van der Waals surface area contributed by atoms with Gasteiger partial charge in [0.15, 0.2) is 0 Å². The molecule has 1 unspecified atom stereocenters. The summed E-state index contributed by atoms with van der Waals surface area (Å²) < 4.78 is 11.9. The molecule has 1 atom stereocenters. The van der Waals surface area contributed by atoms with Gasteiger partial charge in [-0.25, -0.2) is 0 Å². The molecule has 0 aliphatic heterocycles. The van der Waals surface area contributed by atoms with Crippen molar-refractivity contribution in [3.63, 3.8) is 0 Å². The molecule has 0 fully saturated rings. The first-order valence-corrected chi connectivity index (χ1v) is 7.05. The molecule has 0 aliphatic rings. The highest BCUT2D eigenvalue weighted by atomic mass is 32.2. The number of hydrogen-bond donors (Lipinski definition) is 1. The average molecular weight is 255 g/mol. The van der Waals surface area contributed by atoms with E-state index in [1.807, 2.05) is 42.3 Å². The molecular formula is C13H21NO2S. The molecule has 0 aromatic heterocycles. The van der Waals surface area contributed by atoms with E-state index in [1.54, 1.807) is 13.8 Å². The van der Waals surface area contributed by atoms with Gasteiger partial charge < -0.3 is 10.0 Å². The van der Waals surface area contributed by atoms with Gasteiger partial charge in [-0.1, -0.05) is 18.2 Å². The number of nitrogens with zero attached hydrogens (tertiary/aromatic N) is 1. The summed E-state index contributed by atoms with van der Waals surface area (Å²) in [5.41, 5.74) is -0.705. The number of rotatable bonds is 6. The summed E-state index contributed by atoms with van der Waals surface area (Å²) in [6.45, 7) is 4.85. The average Bonchev–Trinajstić information content (AvgIpc) is 2.25. The second-order valence-electron chi connectivity index (χ2n) is 4.91. The summed E-state index contributed by atoms with van der Waals surface area (Å²) in [5, 5.41) is 9.65. The minimum Gasteiger partial charge on any atom is -0.389 e. The molecule has 17 heavy (non-hydrogen) atoms. The molecule has 0 amide bonds. The Morgan fingerprint density at radius 2 is 1.88 bits per heavy atom. The van der Waals surface area contributed by atoms with Crippen LogP contribution in [0.25, 0.3) is 0 Å². The van der Waals surface area contributed by atoms with Crippen molar-refractivity contribution < 1.29 is 9.32 Å². The number of benzene rings is 1.